The number of hydrogen-bond acceptors (Lipinski definition) is 6. The zero-order chi connectivity index (χ0) is 26.5. The van der Waals surface area contributed by atoms with Crippen LogP contribution in [0.25, 0.3) is 0 Å². The third-order valence-corrected chi connectivity index (χ3v) is 6.93. The Hall–Kier alpha value is -3.53. The van der Waals surface area contributed by atoms with E-state index in [1.807, 2.05) is 19.9 Å². The number of aromatic nitrogens is 1. The van der Waals surface area contributed by atoms with E-state index in [0.29, 0.717) is 43.9 Å². The highest BCUT2D eigenvalue weighted by atomic mass is 35.5. The van der Waals surface area contributed by atoms with Gasteiger partial charge in [-0.3, -0.25) is 15.2 Å². The van der Waals surface area contributed by atoms with Gasteiger partial charge in [0.25, 0.3) is 0 Å². The molecule has 1 saturated heterocycles. The molecule has 4 rings (SSSR count). The Morgan fingerprint density at radius 3 is 2.78 bits per heavy atom. The van der Waals surface area contributed by atoms with Gasteiger partial charge in [-0.1, -0.05) is 18.6 Å². The lowest BCUT2D eigenvalue weighted by molar-refractivity contribution is 0.0695. The summed E-state index contributed by atoms with van der Waals surface area (Å²) in [4.78, 5) is 44.1. The summed E-state index contributed by atoms with van der Waals surface area (Å²) in [6, 6.07) is 0.691. The molecule has 2 atom stereocenters. The average Bonchev–Trinajstić information content (AvgIpc) is 2.87. The van der Waals surface area contributed by atoms with Crippen LogP contribution in [0.5, 0.6) is 5.75 Å². The second-order valence-electron chi connectivity index (χ2n) is 9.38. The fourth-order valence-electron chi connectivity index (χ4n) is 4.55. The highest BCUT2D eigenvalue weighted by Gasteiger charge is 2.38. The molecular weight excluding hydrogens is 498 g/mol. The van der Waals surface area contributed by atoms with E-state index in [9.17, 15) is 19.5 Å². The predicted molar refractivity (Wildman–Crippen MR) is 138 cm³/mol. The van der Waals surface area contributed by atoms with Crippen LogP contribution < -0.4 is 15.4 Å². The molecule has 198 valence electrons. The SMILES string of the molecule is CCCN1C(=O)NC(NC2=CC(C)=C(Oc3cncc(C(=O)O)c3)CC2)N(CC2=CCC(Cl)CC2)C1=O. The molecule has 1 aromatic rings. The van der Waals surface area contributed by atoms with Crippen LogP contribution in [0, 0.1) is 0 Å². The number of rotatable bonds is 9. The number of carbonyl (C=O) groups is 3. The maximum atomic E-state index is 13.3. The first kappa shape index (κ1) is 26.5. The number of urea groups is 2. The molecule has 3 aliphatic rings. The number of amides is 4. The highest BCUT2D eigenvalue weighted by Crippen LogP contribution is 2.28. The Bertz CT molecular complexity index is 1160. The highest BCUT2D eigenvalue weighted by molar-refractivity contribution is 6.20. The first-order valence-electron chi connectivity index (χ1n) is 12.5. The van der Waals surface area contributed by atoms with Crippen LogP contribution in [0.1, 0.15) is 62.7 Å². The molecule has 0 spiro atoms. The van der Waals surface area contributed by atoms with Crippen LogP contribution >= 0.6 is 11.6 Å². The second-order valence-corrected chi connectivity index (χ2v) is 10.0. The maximum absolute atomic E-state index is 13.3. The Morgan fingerprint density at radius 1 is 1.30 bits per heavy atom. The van der Waals surface area contributed by atoms with Crippen molar-refractivity contribution in [3.63, 3.8) is 0 Å². The number of nitrogens with zero attached hydrogens (tertiary/aromatic N) is 3. The molecule has 2 unspecified atom stereocenters. The van der Waals surface area contributed by atoms with Crippen LogP contribution in [-0.4, -0.2) is 62.7 Å². The minimum absolute atomic E-state index is 0.0500. The molecule has 1 fully saturated rings. The number of carbonyl (C=O) groups excluding carboxylic acids is 2. The molecule has 2 aliphatic carbocycles. The summed E-state index contributed by atoms with van der Waals surface area (Å²) in [5, 5.41) is 15.6. The molecule has 3 N–H and O–H groups in total. The lowest BCUT2D eigenvalue weighted by atomic mass is 9.98. The summed E-state index contributed by atoms with van der Waals surface area (Å²) >= 11 is 6.24. The van der Waals surface area contributed by atoms with E-state index in [-0.39, 0.29) is 17.0 Å². The van der Waals surface area contributed by atoms with Crippen LogP contribution in [0.2, 0.25) is 0 Å². The first-order valence-corrected chi connectivity index (χ1v) is 12.9. The number of hydrogen-bond donors (Lipinski definition) is 3. The van der Waals surface area contributed by atoms with E-state index >= 15 is 0 Å². The largest absolute Gasteiger partial charge is 0.478 e. The Morgan fingerprint density at radius 2 is 2.11 bits per heavy atom. The molecular formula is C26H32ClN5O5. The minimum atomic E-state index is -1.07. The van der Waals surface area contributed by atoms with Gasteiger partial charge < -0.3 is 15.2 Å². The summed E-state index contributed by atoms with van der Waals surface area (Å²) in [6.07, 6.45) is 10.3. The zero-order valence-corrected chi connectivity index (χ0v) is 21.8. The van der Waals surface area contributed by atoms with Gasteiger partial charge in [0.15, 0.2) is 6.29 Å². The van der Waals surface area contributed by atoms with Crippen molar-refractivity contribution in [2.45, 2.75) is 64.0 Å². The molecule has 0 aromatic carbocycles. The minimum Gasteiger partial charge on any atom is -0.478 e. The molecule has 2 heterocycles. The molecule has 0 radical (unpaired) electrons. The molecule has 1 aromatic heterocycles. The van der Waals surface area contributed by atoms with Crippen molar-refractivity contribution < 1.29 is 24.2 Å². The number of imide groups is 1. The number of carboxylic acid groups (broad SMARTS) is 1. The van der Waals surface area contributed by atoms with Crippen molar-refractivity contribution in [3.8, 4) is 5.75 Å². The lowest BCUT2D eigenvalue weighted by Crippen LogP contribution is -2.69. The monoisotopic (exact) mass is 529 g/mol. The van der Waals surface area contributed by atoms with Gasteiger partial charge in [0.2, 0.25) is 0 Å². The number of aromatic carboxylic acids is 1. The molecule has 11 heteroatoms. The van der Waals surface area contributed by atoms with Crippen molar-refractivity contribution in [1.29, 1.82) is 0 Å². The van der Waals surface area contributed by atoms with Crippen molar-refractivity contribution in [1.82, 2.24) is 25.4 Å². The molecule has 37 heavy (non-hydrogen) atoms. The Kier molecular flexibility index (Phi) is 8.38. The van der Waals surface area contributed by atoms with E-state index in [0.717, 1.165) is 36.1 Å². The average molecular weight is 530 g/mol. The van der Waals surface area contributed by atoms with Gasteiger partial charge in [-0.25, -0.2) is 19.3 Å². The lowest BCUT2D eigenvalue weighted by Gasteiger charge is -2.42. The van der Waals surface area contributed by atoms with Crippen molar-refractivity contribution in [3.05, 3.63) is 58.8 Å². The van der Waals surface area contributed by atoms with Crippen LogP contribution in [0.3, 0.4) is 0 Å². The van der Waals surface area contributed by atoms with E-state index in [1.54, 1.807) is 4.90 Å². The first-order chi connectivity index (χ1) is 17.7. The van der Waals surface area contributed by atoms with Crippen LogP contribution in [0.15, 0.2) is 53.2 Å². The number of alkyl halides is 1. The maximum Gasteiger partial charge on any atom is 0.337 e. The molecule has 1 aliphatic heterocycles. The van der Waals surface area contributed by atoms with Crippen molar-refractivity contribution in [2.75, 3.05) is 13.1 Å². The van der Waals surface area contributed by atoms with Crippen LogP contribution in [-0.2, 0) is 0 Å². The number of halogens is 1. The fourth-order valence-corrected chi connectivity index (χ4v) is 4.75. The van der Waals surface area contributed by atoms with E-state index in [2.05, 4.69) is 21.7 Å². The van der Waals surface area contributed by atoms with Gasteiger partial charge in [0.05, 0.1) is 11.8 Å². The van der Waals surface area contributed by atoms with E-state index in [4.69, 9.17) is 16.3 Å². The fraction of sp³-hybridized carbons (Fsp3) is 0.462. The summed E-state index contributed by atoms with van der Waals surface area (Å²) in [5.41, 5.74) is 2.89. The summed E-state index contributed by atoms with van der Waals surface area (Å²) in [5.74, 6) is -0.0183. The molecule has 0 bridgehead atoms. The normalized spacial score (nSPS) is 22.4. The quantitative estimate of drug-likeness (QED) is 0.316. The standard InChI is InChI=1S/C26H32ClN5O5/c1-3-10-31-25(35)30-24(32(26(31)36)15-17-4-6-19(27)7-5-17)29-20-8-9-22(16(2)11-20)37-21-12-18(23(33)34)13-28-14-21/h4,11-14,19,24,29H,3,5-10,15H2,1-2H3,(H,30,35)(H,33,34). The third-order valence-electron chi connectivity index (χ3n) is 6.53. The van der Waals surface area contributed by atoms with Gasteiger partial charge in [0.1, 0.15) is 11.5 Å². The van der Waals surface area contributed by atoms with Crippen molar-refractivity contribution >= 4 is 29.6 Å². The van der Waals surface area contributed by atoms with Gasteiger partial charge in [0, 0.05) is 36.8 Å². The second kappa shape index (κ2) is 11.7. The van der Waals surface area contributed by atoms with E-state index < -0.39 is 18.3 Å². The number of ether oxygens (including phenoxy) is 1. The topological polar surface area (TPSA) is 124 Å². The Labute approximate surface area is 221 Å². The van der Waals surface area contributed by atoms with Gasteiger partial charge >= 0.3 is 18.0 Å². The summed E-state index contributed by atoms with van der Waals surface area (Å²) < 4.78 is 5.92. The number of pyridine rings is 1. The molecule has 10 nitrogen and oxygen atoms in total. The van der Waals surface area contributed by atoms with Crippen LogP contribution in [0.4, 0.5) is 9.59 Å². The third kappa shape index (κ3) is 6.43. The van der Waals surface area contributed by atoms with Gasteiger partial charge in [-0.2, -0.15) is 0 Å². The number of carboxylic acids is 1. The van der Waals surface area contributed by atoms with Crippen molar-refractivity contribution in [2.24, 2.45) is 0 Å². The smallest absolute Gasteiger partial charge is 0.337 e. The number of allylic oxidation sites excluding steroid dienone is 5. The van der Waals surface area contributed by atoms with Gasteiger partial charge in [-0.05, 0) is 56.7 Å². The summed E-state index contributed by atoms with van der Waals surface area (Å²) in [7, 11) is 0. The number of nitrogens with one attached hydrogen (secondary N) is 2. The zero-order valence-electron chi connectivity index (χ0n) is 21.0. The Balaban J connectivity index is 1.50. The predicted octanol–water partition coefficient (Wildman–Crippen LogP) is 4.56. The molecule has 0 saturated carbocycles. The summed E-state index contributed by atoms with van der Waals surface area (Å²) in [6.45, 7) is 4.57. The van der Waals surface area contributed by atoms with Gasteiger partial charge in [-0.15, -0.1) is 11.6 Å². The van der Waals surface area contributed by atoms with E-state index in [1.165, 1.54) is 23.4 Å². The molecule has 4 amide bonds.